The quantitative estimate of drug-likeness (QED) is 0.894. The Bertz CT molecular complexity index is 470. The van der Waals surface area contributed by atoms with E-state index in [1.165, 1.54) is 0 Å². The van der Waals surface area contributed by atoms with E-state index in [1.807, 2.05) is 13.0 Å². The van der Waals surface area contributed by atoms with Gasteiger partial charge in [-0.1, -0.05) is 13.3 Å². The number of pyridine rings is 1. The molecule has 1 aromatic rings. The van der Waals surface area contributed by atoms with Crippen molar-refractivity contribution in [3.8, 4) is 0 Å². The maximum Gasteiger partial charge on any atom is 0.245 e. The summed E-state index contributed by atoms with van der Waals surface area (Å²) in [5.41, 5.74) is 0.659. The van der Waals surface area contributed by atoms with Gasteiger partial charge in [-0.05, 0) is 60.3 Å². The Morgan fingerprint density at radius 3 is 3.00 bits per heavy atom. The summed E-state index contributed by atoms with van der Waals surface area (Å²) in [7, 11) is 0. The summed E-state index contributed by atoms with van der Waals surface area (Å²) in [6.07, 6.45) is 5.55. The van der Waals surface area contributed by atoms with Crippen LogP contribution >= 0.6 is 15.9 Å². The first-order valence-corrected chi connectivity index (χ1v) is 7.55. The molecule has 0 saturated carbocycles. The van der Waals surface area contributed by atoms with Crippen molar-refractivity contribution >= 4 is 27.7 Å². The van der Waals surface area contributed by atoms with Crippen molar-refractivity contribution in [2.75, 3.05) is 11.9 Å². The minimum Gasteiger partial charge on any atom is -0.309 e. The van der Waals surface area contributed by atoms with Gasteiger partial charge in [0, 0.05) is 10.7 Å². The van der Waals surface area contributed by atoms with Crippen molar-refractivity contribution in [1.29, 1.82) is 0 Å². The number of aromatic nitrogens is 1. The predicted octanol–water partition coefficient (Wildman–Crippen LogP) is 3.01. The summed E-state index contributed by atoms with van der Waals surface area (Å²) in [6.45, 7) is 5.01. The molecule has 0 bridgehead atoms. The largest absolute Gasteiger partial charge is 0.309 e. The lowest BCUT2D eigenvalue weighted by Crippen LogP contribution is -2.50. The molecule has 1 atom stereocenters. The molecule has 1 saturated heterocycles. The summed E-state index contributed by atoms with van der Waals surface area (Å²) in [5.74, 6) is 0.663. The second-order valence-corrected chi connectivity index (χ2v) is 5.99. The fourth-order valence-electron chi connectivity index (χ4n) is 2.60. The molecular formula is C14H20BrN3O. The SMILES string of the molecule is CCCC1(C(=O)Nc2cc(C)c(Br)cn2)CCCN1. The molecular weight excluding hydrogens is 306 g/mol. The van der Waals surface area contributed by atoms with E-state index in [-0.39, 0.29) is 5.91 Å². The number of hydrogen-bond donors (Lipinski definition) is 2. The van der Waals surface area contributed by atoms with E-state index in [1.54, 1.807) is 6.20 Å². The minimum absolute atomic E-state index is 0.0427. The lowest BCUT2D eigenvalue weighted by atomic mass is 9.91. The first-order valence-electron chi connectivity index (χ1n) is 6.76. The van der Waals surface area contributed by atoms with Gasteiger partial charge in [0.25, 0.3) is 0 Å². The molecule has 2 rings (SSSR count). The standard InChI is InChI=1S/C14H20BrN3O/c1-3-5-14(6-4-7-17-14)13(19)18-12-8-10(2)11(15)9-16-12/h8-9,17H,3-7H2,1-2H3,(H,16,18,19). The predicted molar refractivity (Wildman–Crippen MR) is 80.2 cm³/mol. The number of carbonyl (C=O) groups is 1. The molecule has 19 heavy (non-hydrogen) atoms. The lowest BCUT2D eigenvalue weighted by Gasteiger charge is -2.27. The van der Waals surface area contributed by atoms with E-state index in [9.17, 15) is 4.79 Å². The Balaban J connectivity index is 2.12. The molecule has 1 amide bonds. The number of anilines is 1. The minimum atomic E-state index is -0.405. The molecule has 0 aliphatic carbocycles. The number of nitrogens with one attached hydrogen (secondary N) is 2. The Kier molecular flexibility index (Phi) is 4.58. The highest BCUT2D eigenvalue weighted by Gasteiger charge is 2.39. The van der Waals surface area contributed by atoms with Crippen molar-refractivity contribution in [3.05, 3.63) is 22.3 Å². The number of amides is 1. The van der Waals surface area contributed by atoms with Crippen LogP contribution in [0.4, 0.5) is 5.82 Å². The van der Waals surface area contributed by atoms with Crippen molar-refractivity contribution < 1.29 is 4.79 Å². The van der Waals surface area contributed by atoms with Gasteiger partial charge >= 0.3 is 0 Å². The molecule has 1 unspecified atom stereocenters. The average molecular weight is 326 g/mol. The van der Waals surface area contributed by atoms with Gasteiger partial charge in [-0.25, -0.2) is 4.98 Å². The molecule has 1 aliphatic heterocycles. The Morgan fingerprint density at radius 2 is 2.42 bits per heavy atom. The van der Waals surface area contributed by atoms with Crippen LogP contribution in [-0.4, -0.2) is 23.0 Å². The first-order chi connectivity index (χ1) is 9.07. The van der Waals surface area contributed by atoms with Gasteiger partial charge in [-0.15, -0.1) is 0 Å². The zero-order chi connectivity index (χ0) is 13.9. The summed E-state index contributed by atoms with van der Waals surface area (Å²) in [4.78, 5) is 16.7. The van der Waals surface area contributed by atoms with Crippen molar-refractivity contribution in [1.82, 2.24) is 10.3 Å². The van der Waals surface area contributed by atoms with Crippen LogP contribution in [0.3, 0.4) is 0 Å². The van der Waals surface area contributed by atoms with Crippen molar-refractivity contribution in [2.24, 2.45) is 0 Å². The average Bonchev–Trinajstić information content (AvgIpc) is 2.84. The van der Waals surface area contributed by atoms with Gasteiger partial charge in [0.2, 0.25) is 5.91 Å². The fourth-order valence-corrected chi connectivity index (χ4v) is 2.81. The number of carbonyl (C=O) groups excluding carboxylic acids is 1. The molecule has 5 heteroatoms. The highest BCUT2D eigenvalue weighted by atomic mass is 79.9. The van der Waals surface area contributed by atoms with E-state index in [0.29, 0.717) is 5.82 Å². The number of aryl methyl sites for hydroxylation is 1. The molecule has 2 heterocycles. The molecule has 1 fully saturated rings. The molecule has 4 nitrogen and oxygen atoms in total. The van der Waals surface area contributed by atoms with Gasteiger partial charge in [0.15, 0.2) is 0 Å². The third-order valence-corrected chi connectivity index (χ3v) is 4.47. The van der Waals surface area contributed by atoms with Crippen LogP contribution in [0.2, 0.25) is 0 Å². The summed E-state index contributed by atoms with van der Waals surface area (Å²) in [5, 5.41) is 6.31. The van der Waals surface area contributed by atoms with E-state index < -0.39 is 5.54 Å². The Morgan fingerprint density at radius 1 is 1.63 bits per heavy atom. The third kappa shape index (κ3) is 3.15. The summed E-state index contributed by atoms with van der Waals surface area (Å²) < 4.78 is 0.952. The highest BCUT2D eigenvalue weighted by Crippen LogP contribution is 2.26. The van der Waals surface area contributed by atoms with Gasteiger partial charge in [-0.2, -0.15) is 0 Å². The fraction of sp³-hybridized carbons (Fsp3) is 0.571. The van der Waals surface area contributed by atoms with Gasteiger partial charge < -0.3 is 10.6 Å². The first kappa shape index (κ1) is 14.5. The van der Waals surface area contributed by atoms with E-state index >= 15 is 0 Å². The van der Waals surface area contributed by atoms with Crippen LogP contribution in [0.25, 0.3) is 0 Å². The monoisotopic (exact) mass is 325 g/mol. The van der Waals surface area contributed by atoms with Crippen molar-refractivity contribution in [2.45, 2.75) is 45.1 Å². The molecule has 1 aromatic heterocycles. The summed E-state index contributed by atoms with van der Waals surface area (Å²) >= 11 is 3.41. The van der Waals surface area contributed by atoms with Crippen LogP contribution in [0.5, 0.6) is 0 Å². The Labute approximate surface area is 122 Å². The summed E-state index contributed by atoms with van der Waals surface area (Å²) in [6, 6.07) is 1.89. The van der Waals surface area contributed by atoms with Crippen molar-refractivity contribution in [3.63, 3.8) is 0 Å². The van der Waals surface area contributed by atoms with Crippen LogP contribution in [0.15, 0.2) is 16.7 Å². The smallest absolute Gasteiger partial charge is 0.245 e. The molecule has 2 N–H and O–H groups in total. The van der Waals surface area contributed by atoms with E-state index in [0.717, 1.165) is 42.3 Å². The highest BCUT2D eigenvalue weighted by molar-refractivity contribution is 9.10. The van der Waals surface area contributed by atoms with Crippen LogP contribution in [0, 0.1) is 6.92 Å². The maximum absolute atomic E-state index is 12.5. The van der Waals surface area contributed by atoms with Gasteiger partial charge in [0.1, 0.15) is 5.82 Å². The number of hydrogen-bond acceptors (Lipinski definition) is 3. The Hall–Kier alpha value is -0.940. The van der Waals surface area contributed by atoms with Crippen LogP contribution in [0.1, 0.15) is 38.2 Å². The number of halogens is 1. The van der Waals surface area contributed by atoms with Crippen LogP contribution in [-0.2, 0) is 4.79 Å². The van der Waals surface area contributed by atoms with Crippen LogP contribution < -0.4 is 10.6 Å². The van der Waals surface area contributed by atoms with Gasteiger partial charge in [-0.3, -0.25) is 4.79 Å². The zero-order valence-corrected chi connectivity index (χ0v) is 13.0. The second kappa shape index (κ2) is 6.01. The topological polar surface area (TPSA) is 54.0 Å². The molecule has 0 radical (unpaired) electrons. The van der Waals surface area contributed by atoms with Gasteiger partial charge in [0.05, 0.1) is 5.54 Å². The molecule has 0 spiro atoms. The van der Waals surface area contributed by atoms with E-state index in [4.69, 9.17) is 0 Å². The number of nitrogens with zero attached hydrogens (tertiary/aromatic N) is 1. The lowest BCUT2D eigenvalue weighted by molar-refractivity contribution is -0.122. The maximum atomic E-state index is 12.5. The van der Waals surface area contributed by atoms with E-state index in [2.05, 4.69) is 38.5 Å². The second-order valence-electron chi connectivity index (χ2n) is 5.14. The normalized spacial score (nSPS) is 22.5. The number of rotatable bonds is 4. The molecule has 104 valence electrons. The third-order valence-electron chi connectivity index (χ3n) is 3.64. The molecule has 1 aliphatic rings. The zero-order valence-electron chi connectivity index (χ0n) is 11.4. The molecule has 0 aromatic carbocycles.